The molecule has 5 nitrogen and oxygen atoms in total. The molecule has 5 rings (SSSR count). The number of hydrogen-bond donors (Lipinski definition) is 1. The first-order chi connectivity index (χ1) is 15.0. The monoisotopic (exact) mass is 411 g/mol. The second-order valence-electron chi connectivity index (χ2n) is 7.12. The van der Waals surface area contributed by atoms with Gasteiger partial charge >= 0.3 is 0 Å². The molecular formula is C26H25N3O2. The van der Waals surface area contributed by atoms with E-state index in [9.17, 15) is 10.1 Å². The zero-order valence-corrected chi connectivity index (χ0v) is 17.6. The summed E-state index contributed by atoms with van der Waals surface area (Å²) in [7, 11) is 0. The molecule has 1 unspecified atom stereocenters. The predicted molar refractivity (Wildman–Crippen MR) is 128 cm³/mol. The molecule has 1 N–H and O–H groups in total. The van der Waals surface area contributed by atoms with Crippen LogP contribution in [0.4, 0.5) is 11.4 Å². The summed E-state index contributed by atoms with van der Waals surface area (Å²) in [6, 6.07) is 29.0. The largest absolute Gasteiger partial charge is 0.379 e. The van der Waals surface area contributed by atoms with E-state index in [1.165, 1.54) is 28.8 Å². The van der Waals surface area contributed by atoms with E-state index in [0.29, 0.717) is 6.04 Å². The summed E-state index contributed by atoms with van der Waals surface area (Å²) in [4.78, 5) is 14.0. The van der Waals surface area contributed by atoms with Gasteiger partial charge in [0.2, 0.25) is 0 Å². The standard InChI is InChI=1S/C10H11N.C10H9N.C6H5NO2/c2*1-8-6-7-9-4-2-3-5-10(9)11-8;8-7(9)6-4-2-1-3-5-6/h2-8,11H,1H3;2-7H,1H3;1-5H. The summed E-state index contributed by atoms with van der Waals surface area (Å²) in [5.74, 6) is 0. The van der Waals surface area contributed by atoms with Crippen LogP contribution in [0.1, 0.15) is 18.2 Å². The van der Waals surface area contributed by atoms with Crippen molar-refractivity contribution in [2.75, 3.05) is 5.32 Å². The van der Waals surface area contributed by atoms with E-state index in [1.54, 1.807) is 18.2 Å². The van der Waals surface area contributed by atoms with Gasteiger partial charge in [-0.1, -0.05) is 72.8 Å². The zero-order chi connectivity index (χ0) is 22.1. The second-order valence-corrected chi connectivity index (χ2v) is 7.12. The van der Waals surface area contributed by atoms with Crippen molar-refractivity contribution in [1.29, 1.82) is 0 Å². The Balaban J connectivity index is 0.000000133. The number of nitrogens with zero attached hydrogens (tertiary/aromatic N) is 2. The number of aromatic nitrogens is 1. The fourth-order valence-electron chi connectivity index (χ4n) is 3.03. The van der Waals surface area contributed by atoms with Gasteiger partial charge in [-0.3, -0.25) is 15.1 Å². The summed E-state index contributed by atoms with van der Waals surface area (Å²) in [6.07, 6.45) is 4.33. The number of fused-ring (bicyclic) bond motifs is 2. The number of pyridine rings is 1. The molecule has 3 aromatic carbocycles. The van der Waals surface area contributed by atoms with Gasteiger partial charge in [0.1, 0.15) is 0 Å². The zero-order valence-electron chi connectivity index (χ0n) is 17.6. The molecule has 4 aromatic rings. The Morgan fingerprint density at radius 2 is 1.55 bits per heavy atom. The van der Waals surface area contributed by atoms with E-state index < -0.39 is 4.92 Å². The minimum Gasteiger partial charge on any atom is -0.379 e. The van der Waals surface area contributed by atoms with Crippen LogP contribution in [-0.2, 0) is 0 Å². The number of nitro groups is 1. The van der Waals surface area contributed by atoms with Gasteiger partial charge < -0.3 is 5.32 Å². The molecule has 0 spiro atoms. The molecule has 1 atom stereocenters. The van der Waals surface area contributed by atoms with Crippen LogP contribution in [0.15, 0.2) is 97.1 Å². The van der Waals surface area contributed by atoms with Crippen LogP contribution in [0.3, 0.4) is 0 Å². The average Bonchev–Trinajstić information content (AvgIpc) is 2.80. The highest BCUT2D eigenvalue weighted by Crippen LogP contribution is 2.21. The summed E-state index contributed by atoms with van der Waals surface area (Å²) in [5, 5.41) is 14.6. The molecule has 5 heteroatoms. The van der Waals surface area contributed by atoms with Gasteiger partial charge in [-0.25, -0.2) is 0 Å². The van der Waals surface area contributed by atoms with Gasteiger partial charge in [0.05, 0.1) is 10.4 Å². The van der Waals surface area contributed by atoms with Crippen LogP contribution >= 0.6 is 0 Å². The lowest BCUT2D eigenvalue weighted by Crippen LogP contribution is -2.15. The van der Waals surface area contributed by atoms with Crippen molar-refractivity contribution in [3.05, 3.63) is 118 Å². The predicted octanol–water partition coefficient (Wildman–Crippen LogP) is 6.65. The lowest BCUT2D eigenvalue weighted by atomic mass is 10.1. The van der Waals surface area contributed by atoms with Crippen LogP contribution in [0.2, 0.25) is 0 Å². The lowest BCUT2D eigenvalue weighted by Gasteiger charge is -2.18. The van der Waals surface area contributed by atoms with Gasteiger partial charge in [0.15, 0.2) is 0 Å². The molecule has 0 saturated heterocycles. The first kappa shape index (κ1) is 21.7. The van der Waals surface area contributed by atoms with Gasteiger partial charge in [-0.2, -0.15) is 0 Å². The number of non-ortho nitro benzene ring substituents is 1. The molecular weight excluding hydrogens is 386 g/mol. The normalized spacial score (nSPS) is 13.5. The maximum Gasteiger partial charge on any atom is 0.269 e. The third kappa shape index (κ3) is 6.51. The van der Waals surface area contributed by atoms with E-state index in [0.717, 1.165) is 11.2 Å². The van der Waals surface area contributed by atoms with Gasteiger partial charge in [-0.15, -0.1) is 0 Å². The van der Waals surface area contributed by atoms with Crippen molar-refractivity contribution in [2.45, 2.75) is 19.9 Å². The Morgan fingerprint density at radius 1 is 0.871 bits per heavy atom. The van der Waals surface area contributed by atoms with Gasteiger partial charge in [0.25, 0.3) is 5.69 Å². The van der Waals surface area contributed by atoms with E-state index in [-0.39, 0.29) is 5.69 Å². The van der Waals surface area contributed by atoms with Gasteiger partial charge in [-0.05, 0) is 37.6 Å². The number of nitro benzene ring substituents is 1. The Kier molecular flexibility index (Phi) is 7.49. The number of rotatable bonds is 1. The number of para-hydroxylation sites is 3. The Labute approximate surface area is 182 Å². The quantitative estimate of drug-likeness (QED) is 0.281. The fraction of sp³-hybridized carbons (Fsp3) is 0.115. The van der Waals surface area contributed by atoms with E-state index in [4.69, 9.17) is 0 Å². The molecule has 2 heterocycles. The highest BCUT2D eigenvalue weighted by Gasteiger charge is 2.05. The highest BCUT2D eigenvalue weighted by molar-refractivity contribution is 5.78. The van der Waals surface area contributed by atoms with E-state index in [2.05, 4.69) is 65.8 Å². The number of anilines is 1. The van der Waals surface area contributed by atoms with Crippen LogP contribution in [0.5, 0.6) is 0 Å². The minimum absolute atomic E-state index is 0.137. The fourth-order valence-corrected chi connectivity index (χ4v) is 3.03. The number of nitrogens with one attached hydrogen (secondary N) is 1. The van der Waals surface area contributed by atoms with E-state index >= 15 is 0 Å². The SMILES string of the molecule is CC1C=Cc2ccccc2N1.Cc1ccc2ccccc2n1.O=[N+]([O-])c1ccccc1. The molecule has 0 fully saturated rings. The molecule has 0 amide bonds. The molecule has 1 aliphatic rings. The number of aryl methyl sites for hydroxylation is 1. The summed E-state index contributed by atoms with van der Waals surface area (Å²) in [6.45, 7) is 4.15. The van der Waals surface area contributed by atoms with Gasteiger partial charge in [0, 0.05) is 34.9 Å². The number of benzene rings is 3. The molecule has 156 valence electrons. The Bertz CT molecular complexity index is 1170. The summed E-state index contributed by atoms with van der Waals surface area (Å²) < 4.78 is 0. The summed E-state index contributed by atoms with van der Waals surface area (Å²) in [5.41, 5.74) is 4.81. The molecule has 0 aliphatic carbocycles. The first-order valence-electron chi connectivity index (χ1n) is 10.1. The van der Waals surface area contributed by atoms with Crippen LogP contribution in [0.25, 0.3) is 17.0 Å². The average molecular weight is 412 g/mol. The van der Waals surface area contributed by atoms with Crippen molar-refractivity contribution in [2.24, 2.45) is 0 Å². The van der Waals surface area contributed by atoms with Crippen molar-refractivity contribution < 1.29 is 4.92 Å². The molecule has 31 heavy (non-hydrogen) atoms. The van der Waals surface area contributed by atoms with Crippen molar-refractivity contribution in [3.63, 3.8) is 0 Å². The van der Waals surface area contributed by atoms with Crippen LogP contribution < -0.4 is 5.32 Å². The number of hydrogen-bond acceptors (Lipinski definition) is 4. The van der Waals surface area contributed by atoms with Crippen molar-refractivity contribution >= 4 is 28.4 Å². The third-order valence-corrected chi connectivity index (χ3v) is 4.61. The third-order valence-electron chi connectivity index (χ3n) is 4.61. The summed E-state index contributed by atoms with van der Waals surface area (Å²) >= 11 is 0. The molecule has 0 saturated carbocycles. The Hall–Kier alpha value is -3.99. The first-order valence-corrected chi connectivity index (χ1v) is 10.1. The van der Waals surface area contributed by atoms with E-state index in [1.807, 2.05) is 31.2 Å². The maximum atomic E-state index is 10.0. The molecule has 0 radical (unpaired) electrons. The van der Waals surface area contributed by atoms with Crippen LogP contribution in [-0.4, -0.2) is 15.9 Å². The highest BCUT2D eigenvalue weighted by atomic mass is 16.6. The van der Waals surface area contributed by atoms with Crippen LogP contribution in [0, 0.1) is 17.0 Å². The topological polar surface area (TPSA) is 68.1 Å². The maximum absolute atomic E-state index is 10.0. The smallest absolute Gasteiger partial charge is 0.269 e. The lowest BCUT2D eigenvalue weighted by molar-refractivity contribution is -0.384. The second kappa shape index (κ2) is 10.7. The Morgan fingerprint density at radius 3 is 2.29 bits per heavy atom. The molecule has 1 aliphatic heterocycles. The van der Waals surface area contributed by atoms with Crippen molar-refractivity contribution in [1.82, 2.24) is 4.98 Å². The minimum atomic E-state index is -0.417. The molecule has 0 bridgehead atoms. The van der Waals surface area contributed by atoms with Crippen molar-refractivity contribution in [3.8, 4) is 0 Å². The molecule has 1 aromatic heterocycles.